The second-order valence-electron chi connectivity index (χ2n) is 10.6. The maximum atomic E-state index is 14.8. The minimum atomic E-state index is -3.88. The zero-order chi connectivity index (χ0) is 29.4. The number of nitrogens with one attached hydrogen (secondary N) is 1. The minimum absolute atomic E-state index is 0.169. The number of nitrogens with zero attached hydrogens (tertiary/aromatic N) is 2. The molecule has 1 N–H and O–H groups in total. The van der Waals surface area contributed by atoms with Crippen molar-refractivity contribution >= 4 is 27.5 Å². The molecule has 0 aliphatic heterocycles. The first-order chi connectivity index (χ1) is 18.8. The molecule has 2 amide bonds. The van der Waals surface area contributed by atoms with Gasteiger partial charge in [-0.05, 0) is 54.7 Å². The molecule has 0 aliphatic carbocycles. The third-order valence-electron chi connectivity index (χ3n) is 6.43. The predicted octanol–water partition coefficient (Wildman–Crippen LogP) is 4.62. The van der Waals surface area contributed by atoms with Crippen molar-refractivity contribution in [3.05, 3.63) is 101 Å². The molecule has 3 aromatic rings. The summed E-state index contributed by atoms with van der Waals surface area (Å²) in [5.74, 6) is -1.36. The fraction of sp³-hybridized carbons (Fsp3) is 0.355. The van der Waals surface area contributed by atoms with Crippen molar-refractivity contribution in [1.29, 1.82) is 0 Å². The number of anilines is 1. The van der Waals surface area contributed by atoms with E-state index in [-0.39, 0.29) is 30.4 Å². The van der Waals surface area contributed by atoms with E-state index in [1.165, 1.54) is 11.0 Å². The molecule has 7 nitrogen and oxygen atoms in total. The molecule has 0 fully saturated rings. The van der Waals surface area contributed by atoms with Crippen LogP contribution in [0.15, 0.2) is 72.8 Å². The summed E-state index contributed by atoms with van der Waals surface area (Å²) in [6.45, 7) is 7.26. The van der Waals surface area contributed by atoms with Gasteiger partial charge in [0.1, 0.15) is 18.4 Å². The molecule has 0 saturated heterocycles. The summed E-state index contributed by atoms with van der Waals surface area (Å²) in [4.78, 5) is 28.9. The summed E-state index contributed by atoms with van der Waals surface area (Å²) in [7, 11) is -3.88. The lowest BCUT2D eigenvalue weighted by atomic mass is 10.0. The fourth-order valence-corrected chi connectivity index (χ4v) is 5.33. The van der Waals surface area contributed by atoms with Crippen LogP contribution in [-0.2, 0) is 32.6 Å². The van der Waals surface area contributed by atoms with Crippen molar-refractivity contribution in [2.45, 2.75) is 46.7 Å². The van der Waals surface area contributed by atoms with Gasteiger partial charge < -0.3 is 10.2 Å². The Bertz CT molecular complexity index is 1410. The second kappa shape index (κ2) is 13.6. The lowest BCUT2D eigenvalue weighted by Crippen LogP contribution is -2.53. The monoisotopic (exact) mass is 567 g/mol. The summed E-state index contributed by atoms with van der Waals surface area (Å²) in [6, 6.07) is 19.6. The summed E-state index contributed by atoms with van der Waals surface area (Å²) in [6.07, 6.45) is 1.21. The first-order valence-electron chi connectivity index (χ1n) is 13.3. The lowest BCUT2D eigenvalue weighted by Gasteiger charge is -2.33. The molecule has 3 rings (SSSR count). The molecule has 0 spiro atoms. The minimum Gasteiger partial charge on any atom is -0.354 e. The number of amides is 2. The standard InChI is InChI=1S/C31H38FN3O4S/c1-22(2)19-33-31(37)29(18-25-11-7-6-8-12-25)34(20-26-13-9-10-14-28(26)32)30(36)21-35(40(5,38)39)27-16-23(3)15-24(4)17-27/h6-17,22,29H,18-21H2,1-5H3,(H,33,37)/t29-/m0/s1. The molecular formula is C31H38FN3O4S. The zero-order valence-electron chi connectivity index (χ0n) is 23.7. The van der Waals surface area contributed by atoms with Crippen molar-refractivity contribution in [3.63, 3.8) is 0 Å². The molecule has 0 aromatic heterocycles. The molecule has 0 saturated carbocycles. The number of carbonyl (C=O) groups excluding carboxylic acids is 2. The van der Waals surface area contributed by atoms with Crippen molar-refractivity contribution < 1.29 is 22.4 Å². The van der Waals surface area contributed by atoms with Gasteiger partial charge in [0.15, 0.2) is 0 Å². The third kappa shape index (κ3) is 8.64. The van der Waals surface area contributed by atoms with E-state index in [0.29, 0.717) is 12.2 Å². The van der Waals surface area contributed by atoms with Crippen LogP contribution in [0, 0.1) is 25.6 Å². The normalized spacial score (nSPS) is 12.2. The van der Waals surface area contributed by atoms with Crippen LogP contribution in [0.5, 0.6) is 0 Å². The van der Waals surface area contributed by atoms with Crippen molar-refractivity contribution in [1.82, 2.24) is 10.2 Å². The quantitative estimate of drug-likeness (QED) is 0.346. The van der Waals surface area contributed by atoms with E-state index in [1.54, 1.807) is 30.3 Å². The van der Waals surface area contributed by atoms with Gasteiger partial charge in [0.05, 0.1) is 11.9 Å². The highest BCUT2D eigenvalue weighted by atomic mass is 32.2. The zero-order valence-corrected chi connectivity index (χ0v) is 24.5. The van der Waals surface area contributed by atoms with E-state index in [9.17, 15) is 22.4 Å². The highest BCUT2D eigenvalue weighted by Crippen LogP contribution is 2.23. The molecule has 3 aromatic carbocycles. The number of aryl methyl sites for hydroxylation is 2. The van der Waals surface area contributed by atoms with Gasteiger partial charge in [0.2, 0.25) is 21.8 Å². The molecule has 214 valence electrons. The van der Waals surface area contributed by atoms with Gasteiger partial charge in [-0.3, -0.25) is 13.9 Å². The number of sulfonamides is 1. The molecule has 0 aliphatic rings. The van der Waals surface area contributed by atoms with Gasteiger partial charge in [0, 0.05) is 25.1 Å². The van der Waals surface area contributed by atoms with Crippen LogP contribution in [0.25, 0.3) is 0 Å². The van der Waals surface area contributed by atoms with E-state index in [2.05, 4.69) is 5.32 Å². The van der Waals surface area contributed by atoms with E-state index in [0.717, 1.165) is 27.3 Å². The van der Waals surface area contributed by atoms with Gasteiger partial charge in [-0.25, -0.2) is 12.8 Å². The molecule has 1 atom stereocenters. The van der Waals surface area contributed by atoms with Crippen LogP contribution in [-0.4, -0.2) is 50.5 Å². The topological polar surface area (TPSA) is 86.8 Å². The number of halogens is 1. The average molecular weight is 568 g/mol. The van der Waals surface area contributed by atoms with Gasteiger partial charge in [-0.15, -0.1) is 0 Å². The van der Waals surface area contributed by atoms with Gasteiger partial charge in [-0.1, -0.05) is 68.4 Å². The summed E-state index contributed by atoms with van der Waals surface area (Å²) < 4.78 is 41.7. The molecule has 0 bridgehead atoms. The Morgan fingerprint density at radius 2 is 1.52 bits per heavy atom. The number of hydrogen-bond acceptors (Lipinski definition) is 4. The van der Waals surface area contributed by atoms with Gasteiger partial charge >= 0.3 is 0 Å². The second-order valence-corrected chi connectivity index (χ2v) is 12.5. The van der Waals surface area contributed by atoms with Crippen LogP contribution in [0.1, 0.15) is 36.1 Å². The Kier molecular flexibility index (Phi) is 10.5. The van der Waals surface area contributed by atoms with E-state index >= 15 is 0 Å². The predicted molar refractivity (Wildman–Crippen MR) is 157 cm³/mol. The third-order valence-corrected chi connectivity index (χ3v) is 7.57. The summed E-state index contributed by atoms with van der Waals surface area (Å²) in [5.41, 5.74) is 3.07. The van der Waals surface area contributed by atoms with E-state index in [1.807, 2.05) is 64.1 Å². The molecule has 0 radical (unpaired) electrons. The van der Waals surface area contributed by atoms with Crippen LogP contribution in [0.4, 0.5) is 10.1 Å². The maximum Gasteiger partial charge on any atom is 0.244 e. The van der Waals surface area contributed by atoms with Crippen LogP contribution in [0.2, 0.25) is 0 Å². The van der Waals surface area contributed by atoms with Crippen LogP contribution < -0.4 is 9.62 Å². The molecule has 9 heteroatoms. The smallest absolute Gasteiger partial charge is 0.244 e. The molecular weight excluding hydrogens is 529 g/mol. The van der Waals surface area contributed by atoms with Crippen molar-refractivity contribution in [2.75, 3.05) is 23.7 Å². The van der Waals surface area contributed by atoms with Gasteiger partial charge in [-0.2, -0.15) is 0 Å². The first-order valence-corrected chi connectivity index (χ1v) is 15.1. The Morgan fingerprint density at radius 3 is 2.10 bits per heavy atom. The Labute approximate surface area is 237 Å². The van der Waals surface area contributed by atoms with E-state index in [4.69, 9.17) is 0 Å². The highest BCUT2D eigenvalue weighted by Gasteiger charge is 2.33. The van der Waals surface area contributed by atoms with Gasteiger partial charge in [0.25, 0.3) is 0 Å². The van der Waals surface area contributed by atoms with Crippen LogP contribution >= 0.6 is 0 Å². The highest BCUT2D eigenvalue weighted by molar-refractivity contribution is 7.92. The number of carbonyl (C=O) groups is 2. The number of hydrogen-bond donors (Lipinski definition) is 1. The van der Waals surface area contributed by atoms with Crippen molar-refractivity contribution in [2.24, 2.45) is 5.92 Å². The Hall–Kier alpha value is -3.72. The largest absolute Gasteiger partial charge is 0.354 e. The van der Waals surface area contributed by atoms with Crippen molar-refractivity contribution in [3.8, 4) is 0 Å². The first kappa shape index (κ1) is 30.8. The average Bonchev–Trinajstić information content (AvgIpc) is 2.88. The summed E-state index contributed by atoms with van der Waals surface area (Å²) >= 11 is 0. The SMILES string of the molecule is Cc1cc(C)cc(N(CC(=O)N(Cc2ccccc2F)[C@@H](Cc2ccccc2)C(=O)NCC(C)C)S(C)(=O)=O)c1. The van der Waals surface area contributed by atoms with Crippen LogP contribution in [0.3, 0.4) is 0 Å². The number of rotatable bonds is 12. The molecule has 0 heterocycles. The Morgan fingerprint density at radius 1 is 0.925 bits per heavy atom. The Balaban J connectivity index is 2.07. The summed E-state index contributed by atoms with van der Waals surface area (Å²) in [5, 5.41) is 2.91. The number of benzene rings is 3. The maximum absolute atomic E-state index is 14.8. The molecule has 40 heavy (non-hydrogen) atoms. The fourth-order valence-electron chi connectivity index (χ4n) is 4.49. The lowest BCUT2D eigenvalue weighted by molar-refractivity contribution is -0.140. The molecule has 0 unspecified atom stereocenters. The van der Waals surface area contributed by atoms with E-state index < -0.39 is 34.3 Å².